The van der Waals surface area contributed by atoms with E-state index >= 15 is 0 Å². The number of nitrogens with zero attached hydrogens (tertiary/aromatic N) is 1. The average Bonchev–Trinajstić information content (AvgIpc) is 2.43. The molecule has 1 amide bonds. The van der Waals surface area contributed by atoms with Gasteiger partial charge in [0, 0.05) is 6.54 Å². The van der Waals surface area contributed by atoms with E-state index < -0.39 is 0 Å². The molecule has 0 unspecified atom stereocenters. The Hall–Kier alpha value is -1.29. The molecule has 5 heteroatoms. The van der Waals surface area contributed by atoms with Crippen LogP contribution in [0.25, 0.3) is 0 Å². The van der Waals surface area contributed by atoms with Crippen LogP contribution in [0.15, 0.2) is 12.1 Å². The number of carbonyl (C=O) groups is 1. The molecule has 1 fully saturated rings. The Bertz CT molecular complexity index is 470. The Morgan fingerprint density at radius 1 is 1.40 bits per heavy atom. The zero-order valence-corrected chi connectivity index (χ0v) is 12.6. The van der Waals surface area contributed by atoms with E-state index in [0.29, 0.717) is 17.4 Å². The van der Waals surface area contributed by atoms with Gasteiger partial charge in [-0.2, -0.15) is 0 Å². The van der Waals surface area contributed by atoms with Crippen LogP contribution in [0.4, 0.5) is 5.82 Å². The minimum atomic E-state index is -0.244. The van der Waals surface area contributed by atoms with Crippen molar-refractivity contribution >= 4 is 23.3 Å². The summed E-state index contributed by atoms with van der Waals surface area (Å²) < 4.78 is 0. The number of hydrogen-bond acceptors (Lipinski definition) is 3. The molecule has 1 aliphatic rings. The molecule has 0 aliphatic heterocycles. The number of hydrogen-bond donors (Lipinski definition) is 2. The number of halogens is 1. The van der Waals surface area contributed by atoms with Crippen LogP contribution in [0.5, 0.6) is 0 Å². The van der Waals surface area contributed by atoms with Crippen molar-refractivity contribution in [3.05, 3.63) is 22.8 Å². The predicted octanol–water partition coefficient (Wildman–Crippen LogP) is 3.26. The van der Waals surface area contributed by atoms with Crippen molar-refractivity contribution in [3.63, 3.8) is 0 Å². The summed E-state index contributed by atoms with van der Waals surface area (Å²) in [6, 6.07) is 3.18. The summed E-state index contributed by atoms with van der Waals surface area (Å²) in [5, 5.41) is 3.22. The molecule has 4 nitrogen and oxygen atoms in total. The quantitative estimate of drug-likeness (QED) is 0.896. The van der Waals surface area contributed by atoms with Crippen molar-refractivity contribution in [1.29, 1.82) is 0 Å². The number of nitrogens with two attached hydrogens (primary N) is 1. The molecular weight excluding hydrogens is 274 g/mol. The lowest BCUT2D eigenvalue weighted by Crippen LogP contribution is -2.28. The molecule has 20 heavy (non-hydrogen) atoms. The minimum absolute atomic E-state index is 0.212. The van der Waals surface area contributed by atoms with Gasteiger partial charge in [0.15, 0.2) is 0 Å². The Labute approximate surface area is 125 Å². The third-order valence-corrected chi connectivity index (χ3v) is 4.36. The summed E-state index contributed by atoms with van der Waals surface area (Å²) in [6.45, 7) is 2.98. The molecular formula is C15H22ClN3O. The van der Waals surface area contributed by atoms with E-state index in [1.807, 2.05) is 0 Å². The Balaban J connectivity index is 1.79. The molecule has 1 saturated carbocycles. The highest BCUT2D eigenvalue weighted by Crippen LogP contribution is 2.29. The van der Waals surface area contributed by atoms with Crippen molar-refractivity contribution in [2.45, 2.75) is 39.0 Å². The lowest BCUT2D eigenvalue weighted by Gasteiger charge is -2.26. The van der Waals surface area contributed by atoms with E-state index in [-0.39, 0.29) is 11.6 Å². The first-order valence-corrected chi connectivity index (χ1v) is 7.64. The van der Waals surface area contributed by atoms with Crippen molar-refractivity contribution in [2.75, 3.05) is 12.3 Å². The molecule has 1 aliphatic carbocycles. The zero-order chi connectivity index (χ0) is 14.5. The molecule has 0 atom stereocenters. The number of nitrogen functional groups attached to an aromatic ring is 1. The maximum atomic E-state index is 12.0. The number of carbonyl (C=O) groups excluding carboxylic acids is 1. The van der Waals surface area contributed by atoms with Crippen LogP contribution in [-0.2, 0) is 0 Å². The van der Waals surface area contributed by atoms with E-state index in [0.717, 1.165) is 18.3 Å². The summed E-state index contributed by atoms with van der Waals surface area (Å²) in [4.78, 5) is 16.0. The van der Waals surface area contributed by atoms with Gasteiger partial charge in [0.05, 0.1) is 5.02 Å². The van der Waals surface area contributed by atoms with Crippen LogP contribution in [0.2, 0.25) is 5.02 Å². The van der Waals surface area contributed by atoms with Gasteiger partial charge >= 0.3 is 0 Å². The van der Waals surface area contributed by atoms with Crippen molar-refractivity contribution in [1.82, 2.24) is 10.3 Å². The fourth-order valence-electron chi connectivity index (χ4n) is 2.71. The van der Waals surface area contributed by atoms with Crippen LogP contribution < -0.4 is 11.1 Å². The summed E-state index contributed by atoms with van der Waals surface area (Å²) >= 11 is 5.96. The molecule has 0 radical (unpaired) electrons. The second-order valence-electron chi connectivity index (χ2n) is 5.74. The smallest absolute Gasteiger partial charge is 0.271 e. The van der Waals surface area contributed by atoms with Gasteiger partial charge in [-0.1, -0.05) is 44.2 Å². The van der Waals surface area contributed by atoms with Gasteiger partial charge in [-0.15, -0.1) is 0 Å². The Morgan fingerprint density at radius 3 is 2.80 bits per heavy atom. The fraction of sp³-hybridized carbons (Fsp3) is 0.600. The first-order valence-electron chi connectivity index (χ1n) is 7.26. The maximum absolute atomic E-state index is 12.0. The van der Waals surface area contributed by atoms with E-state index in [1.54, 1.807) is 12.1 Å². The van der Waals surface area contributed by atoms with Crippen molar-refractivity contribution in [3.8, 4) is 0 Å². The SMILES string of the molecule is CC1CCC(CCNC(=O)c2nc(N)ccc2Cl)CC1. The van der Waals surface area contributed by atoms with Gasteiger partial charge in [0.2, 0.25) is 0 Å². The van der Waals surface area contributed by atoms with Crippen LogP contribution in [0, 0.1) is 11.8 Å². The number of anilines is 1. The molecule has 0 saturated heterocycles. The number of pyridine rings is 1. The minimum Gasteiger partial charge on any atom is -0.384 e. The van der Waals surface area contributed by atoms with Crippen LogP contribution >= 0.6 is 11.6 Å². The highest BCUT2D eigenvalue weighted by molar-refractivity contribution is 6.33. The van der Waals surface area contributed by atoms with E-state index in [2.05, 4.69) is 17.2 Å². The summed E-state index contributed by atoms with van der Waals surface area (Å²) in [5.41, 5.74) is 5.79. The maximum Gasteiger partial charge on any atom is 0.271 e. The lowest BCUT2D eigenvalue weighted by molar-refractivity contribution is 0.0945. The normalized spacial score (nSPS) is 22.5. The second-order valence-corrected chi connectivity index (χ2v) is 6.14. The number of rotatable bonds is 4. The molecule has 0 spiro atoms. The van der Waals surface area contributed by atoms with Gasteiger partial charge in [-0.05, 0) is 30.4 Å². The summed E-state index contributed by atoms with van der Waals surface area (Å²) in [7, 11) is 0. The zero-order valence-electron chi connectivity index (χ0n) is 11.9. The van der Waals surface area contributed by atoms with Gasteiger partial charge in [-0.25, -0.2) is 4.98 Å². The predicted molar refractivity (Wildman–Crippen MR) is 81.7 cm³/mol. The van der Waals surface area contributed by atoms with Gasteiger partial charge < -0.3 is 11.1 Å². The van der Waals surface area contributed by atoms with Gasteiger partial charge in [-0.3, -0.25) is 4.79 Å². The molecule has 3 N–H and O–H groups in total. The van der Waals surface area contributed by atoms with Crippen LogP contribution in [-0.4, -0.2) is 17.4 Å². The molecule has 1 heterocycles. The molecule has 0 aromatic carbocycles. The molecule has 1 aromatic heterocycles. The first kappa shape index (κ1) is 15.1. The second kappa shape index (κ2) is 6.93. The van der Waals surface area contributed by atoms with Gasteiger partial charge in [0.25, 0.3) is 5.91 Å². The van der Waals surface area contributed by atoms with E-state index in [1.165, 1.54) is 25.7 Å². The fourth-order valence-corrected chi connectivity index (χ4v) is 2.90. The molecule has 0 bridgehead atoms. The van der Waals surface area contributed by atoms with E-state index in [9.17, 15) is 4.79 Å². The number of aromatic nitrogens is 1. The monoisotopic (exact) mass is 295 g/mol. The van der Waals surface area contributed by atoms with Crippen LogP contribution in [0.1, 0.15) is 49.5 Å². The lowest BCUT2D eigenvalue weighted by atomic mass is 9.81. The molecule has 2 rings (SSSR count). The summed E-state index contributed by atoms with van der Waals surface area (Å²) in [6.07, 6.45) is 6.18. The first-order chi connectivity index (χ1) is 9.56. The Kier molecular flexibility index (Phi) is 5.24. The number of amides is 1. The third-order valence-electron chi connectivity index (χ3n) is 4.06. The summed E-state index contributed by atoms with van der Waals surface area (Å²) in [5.74, 6) is 1.65. The standard InChI is InChI=1S/C15H22ClN3O/c1-10-2-4-11(5-3-10)8-9-18-15(20)14-12(16)6-7-13(17)19-14/h6-7,10-11H,2-5,8-9H2,1H3,(H2,17,19)(H,18,20). The van der Waals surface area contributed by atoms with Crippen LogP contribution in [0.3, 0.4) is 0 Å². The highest BCUT2D eigenvalue weighted by atomic mass is 35.5. The highest BCUT2D eigenvalue weighted by Gasteiger charge is 2.18. The molecule has 1 aromatic rings. The third kappa shape index (κ3) is 4.10. The number of nitrogens with one attached hydrogen (secondary N) is 1. The van der Waals surface area contributed by atoms with Crippen molar-refractivity contribution in [2.24, 2.45) is 11.8 Å². The molecule has 110 valence electrons. The topological polar surface area (TPSA) is 68.0 Å². The Morgan fingerprint density at radius 2 is 2.10 bits per heavy atom. The van der Waals surface area contributed by atoms with E-state index in [4.69, 9.17) is 17.3 Å². The van der Waals surface area contributed by atoms with Crippen molar-refractivity contribution < 1.29 is 4.79 Å². The largest absolute Gasteiger partial charge is 0.384 e. The van der Waals surface area contributed by atoms with Gasteiger partial charge in [0.1, 0.15) is 11.5 Å². The average molecular weight is 296 g/mol.